The molecule has 6 heteroatoms. The van der Waals surface area contributed by atoms with Gasteiger partial charge in [0.05, 0.1) is 17.6 Å². The Hall–Kier alpha value is -1.56. The van der Waals surface area contributed by atoms with Gasteiger partial charge in [-0.05, 0) is 54.4 Å². The van der Waals surface area contributed by atoms with Crippen LogP contribution >= 0.6 is 0 Å². The van der Waals surface area contributed by atoms with Gasteiger partial charge in [-0.1, -0.05) is 83.3 Å². The van der Waals surface area contributed by atoms with Gasteiger partial charge in [0.2, 0.25) is 0 Å². The molecule has 0 aliphatic carbocycles. The standard InChI is InChI=1S/C28H53NO5/c1-8-9-10-11-12-13-14-15-16-17-18-19-20-21-24(30)23(22-33-25(31)27(2,3)4)29-26(32)34-28(5,6)7/h20-21,23-24,30H,8-19,22H2,1-7H3,(H,29,32)/b21-20+/t23-,24+/m0/s1. The predicted molar refractivity (Wildman–Crippen MR) is 140 cm³/mol. The predicted octanol–water partition coefficient (Wildman–Crippen LogP) is 7.09. The first-order valence-electron chi connectivity index (χ1n) is 13.4. The number of esters is 1. The van der Waals surface area contributed by atoms with Gasteiger partial charge in [0, 0.05) is 0 Å². The molecule has 0 aliphatic heterocycles. The summed E-state index contributed by atoms with van der Waals surface area (Å²) in [6, 6.07) is -0.783. The van der Waals surface area contributed by atoms with Crippen LogP contribution in [0.4, 0.5) is 4.79 Å². The number of aliphatic hydroxyl groups excluding tert-OH is 1. The SMILES string of the molecule is CCCCCCCCCCCCC/C=C/[C@@H](O)[C@H](COC(=O)C(C)(C)C)NC(=O)OC(C)(C)C. The fraction of sp³-hybridized carbons (Fsp3) is 0.857. The van der Waals surface area contributed by atoms with Crippen LogP contribution in [0.2, 0.25) is 0 Å². The van der Waals surface area contributed by atoms with Crippen LogP contribution in [0.25, 0.3) is 0 Å². The van der Waals surface area contributed by atoms with E-state index in [-0.39, 0.29) is 12.6 Å². The summed E-state index contributed by atoms with van der Waals surface area (Å²) in [7, 11) is 0. The maximum Gasteiger partial charge on any atom is 0.408 e. The number of hydrogen-bond acceptors (Lipinski definition) is 5. The highest BCUT2D eigenvalue weighted by Gasteiger charge is 2.28. The minimum atomic E-state index is -0.979. The fourth-order valence-corrected chi connectivity index (χ4v) is 3.36. The van der Waals surface area contributed by atoms with Crippen molar-refractivity contribution in [3.8, 4) is 0 Å². The first kappa shape index (κ1) is 32.4. The number of unbranched alkanes of at least 4 members (excludes halogenated alkanes) is 11. The van der Waals surface area contributed by atoms with E-state index in [9.17, 15) is 14.7 Å². The summed E-state index contributed by atoms with van der Waals surface area (Å²) in [5, 5.41) is 13.2. The van der Waals surface area contributed by atoms with Crippen LogP contribution in [0.15, 0.2) is 12.2 Å². The fourth-order valence-electron chi connectivity index (χ4n) is 3.36. The number of amides is 1. The van der Waals surface area contributed by atoms with Crippen LogP contribution in [-0.4, -0.2) is 41.5 Å². The third-order valence-electron chi connectivity index (χ3n) is 5.43. The molecule has 2 atom stereocenters. The van der Waals surface area contributed by atoms with E-state index in [1.165, 1.54) is 64.2 Å². The molecule has 34 heavy (non-hydrogen) atoms. The molecule has 0 aromatic carbocycles. The summed E-state index contributed by atoms with van der Waals surface area (Å²) in [5.74, 6) is -0.388. The molecule has 0 aromatic rings. The van der Waals surface area contributed by atoms with Crippen molar-refractivity contribution in [2.45, 2.75) is 143 Å². The highest BCUT2D eigenvalue weighted by molar-refractivity contribution is 5.75. The van der Waals surface area contributed by atoms with Crippen LogP contribution in [0, 0.1) is 5.41 Å². The number of aliphatic hydroxyl groups is 1. The van der Waals surface area contributed by atoms with Crippen molar-refractivity contribution in [3.05, 3.63) is 12.2 Å². The third-order valence-corrected chi connectivity index (χ3v) is 5.43. The second-order valence-corrected chi connectivity index (χ2v) is 11.3. The van der Waals surface area contributed by atoms with E-state index in [0.29, 0.717) is 0 Å². The summed E-state index contributed by atoms with van der Waals surface area (Å²) < 4.78 is 10.6. The summed E-state index contributed by atoms with van der Waals surface area (Å²) in [6.07, 6.45) is 17.1. The molecule has 200 valence electrons. The Balaban J connectivity index is 4.36. The van der Waals surface area contributed by atoms with Gasteiger partial charge in [-0.3, -0.25) is 4.79 Å². The first-order valence-corrected chi connectivity index (χ1v) is 13.4. The lowest BCUT2D eigenvalue weighted by molar-refractivity contribution is -0.154. The van der Waals surface area contributed by atoms with Crippen molar-refractivity contribution in [1.29, 1.82) is 0 Å². The minimum absolute atomic E-state index is 0.126. The molecule has 0 aromatic heterocycles. The Labute approximate surface area is 209 Å². The summed E-state index contributed by atoms with van der Waals surface area (Å²) in [6.45, 7) is 12.7. The molecule has 0 bridgehead atoms. The average molecular weight is 484 g/mol. The number of allylic oxidation sites excluding steroid dienone is 1. The molecule has 0 radical (unpaired) electrons. The number of rotatable bonds is 17. The second-order valence-electron chi connectivity index (χ2n) is 11.3. The quantitative estimate of drug-likeness (QED) is 0.131. The van der Waals surface area contributed by atoms with Crippen LogP contribution in [0.5, 0.6) is 0 Å². The van der Waals surface area contributed by atoms with Crippen LogP contribution in [0.1, 0.15) is 126 Å². The van der Waals surface area contributed by atoms with Crippen molar-refractivity contribution in [1.82, 2.24) is 5.32 Å². The van der Waals surface area contributed by atoms with Crippen molar-refractivity contribution >= 4 is 12.1 Å². The summed E-state index contributed by atoms with van der Waals surface area (Å²) in [5.41, 5.74) is -1.32. The highest BCUT2D eigenvalue weighted by atomic mass is 16.6. The van der Waals surface area contributed by atoms with E-state index < -0.39 is 29.3 Å². The molecule has 6 nitrogen and oxygen atoms in total. The molecule has 0 heterocycles. The molecule has 0 unspecified atom stereocenters. The topological polar surface area (TPSA) is 84.9 Å². The van der Waals surface area contributed by atoms with Gasteiger partial charge in [0.25, 0.3) is 0 Å². The first-order chi connectivity index (χ1) is 15.9. The molecule has 2 N–H and O–H groups in total. The van der Waals surface area contributed by atoms with Crippen LogP contribution in [-0.2, 0) is 14.3 Å². The molecule has 0 spiro atoms. The summed E-state index contributed by atoms with van der Waals surface area (Å²) in [4.78, 5) is 24.3. The lowest BCUT2D eigenvalue weighted by atomic mass is 9.97. The molecule has 0 aliphatic rings. The minimum Gasteiger partial charge on any atom is -0.463 e. The largest absolute Gasteiger partial charge is 0.463 e. The zero-order valence-electron chi connectivity index (χ0n) is 23.1. The Morgan fingerprint density at radius 3 is 1.82 bits per heavy atom. The molecule has 0 saturated carbocycles. The van der Waals surface area contributed by atoms with Crippen molar-refractivity contribution < 1.29 is 24.2 Å². The average Bonchev–Trinajstić information content (AvgIpc) is 2.71. The molecular weight excluding hydrogens is 430 g/mol. The third kappa shape index (κ3) is 18.8. The Morgan fingerprint density at radius 2 is 1.35 bits per heavy atom. The number of hydrogen-bond donors (Lipinski definition) is 2. The van der Waals surface area contributed by atoms with Crippen molar-refractivity contribution in [2.75, 3.05) is 6.61 Å². The van der Waals surface area contributed by atoms with Crippen molar-refractivity contribution in [2.24, 2.45) is 5.41 Å². The van der Waals surface area contributed by atoms with Gasteiger partial charge in [0.1, 0.15) is 12.2 Å². The zero-order valence-corrected chi connectivity index (χ0v) is 23.1. The lowest BCUT2D eigenvalue weighted by Crippen LogP contribution is -2.48. The van der Waals surface area contributed by atoms with E-state index >= 15 is 0 Å². The van der Waals surface area contributed by atoms with Gasteiger partial charge in [-0.15, -0.1) is 0 Å². The zero-order chi connectivity index (χ0) is 26.0. The maximum absolute atomic E-state index is 12.2. The number of ether oxygens (including phenoxy) is 2. The number of carbonyl (C=O) groups excluding carboxylic acids is 2. The smallest absolute Gasteiger partial charge is 0.408 e. The van der Waals surface area contributed by atoms with Gasteiger partial charge < -0.3 is 19.9 Å². The Morgan fingerprint density at radius 1 is 0.853 bits per heavy atom. The van der Waals surface area contributed by atoms with Crippen LogP contribution < -0.4 is 5.32 Å². The second kappa shape index (κ2) is 17.8. The maximum atomic E-state index is 12.2. The van der Waals surface area contributed by atoms with Gasteiger partial charge >= 0.3 is 12.1 Å². The van der Waals surface area contributed by atoms with Gasteiger partial charge in [-0.25, -0.2) is 4.79 Å². The normalized spacial score (nSPS) is 14.1. The molecule has 0 rings (SSSR count). The van der Waals surface area contributed by atoms with E-state index in [4.69, 9.17) is 9.47 Å². The van der Waals surface area contributed by atoms with E-state index in [2.05, 4.69) is 12.2 Å². The summed E-state index contributed by atoms with van der Waals surface area (Å²) >= 11 is 0. The number of carbonyl (C=O) groups is 2. The van der Waals surface area contributed by atoms with Crippen molar-refractivity contribution in [3.63, 3.8) is 0 Å². The van der Waals surface area contributed by atoms with E-state index in [1.54, 1.807) is 47.6 Å². The Kier molecular flexibility index (Phi) is 17.0. The van der Waals surface area contributed by atoms with Gasteiger partial charge in [-0.2, -0.15) is 0 Å². The molecule has 1 amide bonds. The monoisotopic (exact) mass is 483 g/mol. The van der Waals surface area contributed by atoms with Crippen LogP contribution in [0.3, 0.4) is 0 Å². The lowest BCUT2D eigenvalue weighted by Gasteiger charge is -2.26. The number of nitrogens with one attached hydrogen (secondary N) is 1. The number of alkyl carbamates (subject to hydrolysis) is 1. The van der Waals surface area contributed by atoms with E-state index in [1.807, 2.05) is 6.08 Å². The molecule has 0 saturated heterocycles. The molecule has 0 fully saturated rings. The Bertz CT molecular complexity index is 574. The highest BCUT2D eigenvalue weighted by Crippen LogP contribution is 2.16. The van der Waals surface area contributed by atoms with Gasteiger partial charge in [0.15, 0.2) is 0 Å². The van der Waals surface area contributed by atoms with E-state index in [0.717, 1.165) is 12.8 Å². The molecular formula is C28H53NO5.